The van der Waals surface area contributed by atoms with Gasteiger partial charge in [-0.3, -0.25) is 4.99 Å². The Morgan fingerprint density at radius 3 is 2.52 bits per heavy atom. The third-order valence-electron chi connectivity index (χ3n) is 11.3. The lowest BCUT2D eigenvalue weighted by molar-refractivity contribution is 0.172. The van der Waals surface area contributed by atoms with Gasteiger partial charge in [-0.25, -0.2) is 0 Å². The maximum Gasteiger partial charge on any atom is 0.130 e. The zero-order chi connectivity index (χ0) is 30.2. The summed E-state index contributed by atoms with van der Waals surface area (Å²) in [5, 5.41) is 0. The van der Waals surface area contributed by atoms with Crippen LogP contribution in [0.4, 0.5) is 0 Å². The highest BCUT2D eigenvalue weighted by molar-refractivity contribution is 6.10. The fraction of sp³-hybridized carbons (Fsp3) is 0.233. The van der Waals surface area contributed by atoms with E-state index in [0.29, 0.717) is 6.04 Å². The number of rotatable bonds is 4. The van der Waals surface area contributed by atoms with Crippen molar-refractivity contribution in [3.8, 4) is 11.1 Å². The summed E-state index contributed by atoms with van der Waals surface area (Å²) in [5.74, 6) is 2.33. The molecule has 10 rings (SSSR count). The molecule has 3 nitrogen and oxygen atoms in total. The van der Waals surface area contributed by atoms with E-state index in [1.165, 1.54) is 68.6 Å². The van der Waals surface area contributed by atoms with E-state index in [9.17, 15) is 0 Å². The van der Waals surface area contributed by atoms with Crippen LogP contribution in [-0.4, -0.2) is 30.2 Å². The van der Waals surface area contributed by atoms with Gasteiger partial charge in [-0.2, -0.15) is 0 Å². The maximum absolute atomic E-state index is 6.93. The molecule has 4 heterocycles. The van der Waals surface area contributed by atoms with Crippen LogP contribution < -0.4 is 0 Å². The lowest BCUT2D eigenvalue weighted by atomic mass is 9.57. The van der Waals surface area contributed by atoms with Crippen LogP contribution >= 0.6 is 0 Å². The molecule has 3 aliphatic carbocycles. The molecule has 1 fully saturated rings. The van der Waals surface area contributed by atoms with E-state index in [1.54, 1.807) is 0 Å². The molecular formula is C43H36N2O. The van der Waals surface area contributed by atoms with E-state index in [0.717, 1.165) is 37.3 Å². The van der Waals surface area contributed by atoms with Crippen LogP contribution in [0.5, 0.6) is 0 Å². The molecule has 0 N–H and O–H groups in total. The Balaban J connectivity index is 1.30. The van der Waals surface area contributed by atoms with Crippen LogP contribution in [0.1, 0.15) is 70.1 Å². The zero-order valence-corrected chi connectivity index (χ0v) is 25.9. The quantitative estimate of drug-likeness (QED) is 0.235. The summed E-state index contributed by atoms with van der Waals surface area (Å²) in [5.41, 5.74) is 12.8. The standard InChI is InChI=1S/C43H36N2O/c1-4-18-37-33(15-1)41-35-17-3-6-20-40(35)46-42(41)34-16-2-5-19-38(34)43(37,31-13-7-10-28(24-31)30-12-9-22-44-26-30)32-14-8-11-29(25-32)36-27-45-23-21-39(36)45/h1-2,4-8,10-16,18-20,24-27,34,38-39H,3,9,17,21-23H2. The molecule has 1 aromatic heterocycles. The van der Waals surface area contributed by atoms with E-state index in [4.69, 9.17) is 4.42 Å². The van der Waals surface area contributed by atoms with Crippen molar-refractivity contribution in [1.29, 1.82) is 0 Å². The van der Waals surface area contributed by atoms with Gasteiger partial charge < -0.3 is 9.32 Å². The topological polar surface area (TPSA) is 28.7 Å². The number of aliphatic imine (C=N–C) groups is 1. The van der Waals surface area contributed by atoms with Crippen LogP contribution in [0.15, 0.2) is 125 Å². The van der Waals surface area contributed by atoms with Crippen LogP contribution in [0.2, 0.25) is 0 Å². The first-order valence-corrected chi connectivity index (χ1v) is 17.0. The highest BCUT2D eigenvalue weighted by Gasteiger charge is 2.52. The number of fused-ring (bicyclic) bond motifs is 8. The summed E-state index contributed by atoms with van der Waals surface area (Å²) in [6.07, 6.45) is 24.9. The van der Waals surface area contributed by atoms with Crippen LogP contribution in [0.25, 0.3) is 28.3 Å². The molecule has 0 spiro atoms. The van der Waals surface area contributed by atoms with Gasteiger partial charge >= 0.3 is 0 Å². The molecule has 3 aliphatic heterocycles. The summed E-state index contributed by atoms with van der Waals surface area (Å²) in [6, 6.07) is 28.7. The lowest BCUT2D eigenvalue weighted by Crippen LogP contribution is -2.51. The van der Waals surface area contributed by atoms with Gasteiger partial charge in [-0.1, -0.05) is 103 Å². The van der Waals surface area contributed by atoms with Gasteiger partial charge in [0.25, 0.3) is 0 Å². The summed E-state index contributed by atoms with van der Waals surface area (Å²) in [4.78, 5) is 7.13. The number of hydrogen-bond acceptors (Lipinski definition) is 3. The van der Waals surface area contributed by atoms with Crippen molar-refractivity contribution in [2.45, 2.75) is 43.1 Å². The van der Waals surface area contributed by atoms with Gasteiger partial charge in [0.15, 0.2) is 0 Å². The van der Waals surface area contributed by atoms with E-state index in [1.807, 2.05) is 0 Å². The molecule has 3 heteroatoms. The summed E-state index contributed by atoms with van der Waals surface area (Å²) < 4.78 is 6.93. The van der Waals surface area contributed by atoms with Crippen molar-refractivity contribution in [1.82, 2.24) is 4.90 Å². The molecule has 3 aromatic carbocycles. The van der Waals surface area contributed by atoms with Crippen molar-refractivity contribution >= 4 is 23.4 Å². The van der Waals surface area contributed by atoms with E-state index in [2.05, 4.69) is 138 Å². The molecule has 4 aromatic rings. The Morgan fingerprint density at radius 2 is 1.72 bits per heavy atom. The Labute approximate surface area is 270 Å². The Hall–Kier alpha value is -4.89. The monoisotopic (exact) mass is 596 g/mol. The predicted octanol–water partition coefficient (Wildman–Crippen LogP) is 9.37. The van der Waals surface area contributed by atoms with Gasteiger partial charge in [0.05, 0.1) is 11.5 Å². The lowest BCUT2D eigenvalue weighted by Gasteiger charge is -2.50. The van der Waals surface area contributed by atoms with Crippen molar-refractivity contribution in [3.05, 3.63) is 160 Å². The maximum atomic E-state index is 6.93. The second kappa shape index (κ2) is 10.1. The van der Waals surface area contributed by atoms with Gasteiger partial charge in [0.2, 0.25) is 0 Å². The summed E-state index contributed by atoms with van der Waals surface area (Å²) in [6.45, 7) is 2.05. The fourth-order valence-corrected chi connectivity index (χ4v) is 9.13. The van der Waals surface area contributed by atoms with Crippen molar-refractivity contribution in [2.24, 2.45) is 10.9 Å². The van der Waals surface area contributed by atoms with E-state index < -0.39 is 5.41 Å². The molecule has 0 radical (unpaired) electrons. The minimum atomic E-state index is -0.469. The molecule has 0 bridgehead atoms. The van der Waals surface area contributed by atoms with Crippen molar-refractivity contribution < 1.29 is 4.42 Å². The van der Waals surface area contributed by atoms with E-state index in [-0.39, 0.29) is 11.8 Å². The molecule has 0 amide bonds. The Kier molecular flexibility index (Phi) is 5.76. The average Bonchev–Trinajstić information content (AvgIpc) is 3.46. The zero-order valence-electron chi connectivity index (χ0n) is 25.9. The third-order valence-corrected chi connectivity index (χ3v) is 11.3. The molecule has 6 aliphatic rings. The molecule has 0 saturated carbocycles. The minimum absolute atomic E-state index is 0.0826. The number of allylic oxidation sites excluding steroid dienone is 6. The second-order valence-corrected chi connectivity index (χ2v) is 13.6. The average molecular weight is 597 g/mol. The van der Waals surface area contributed by atoms with Crippen LogP contribution in [-0.2, 0) is 11.8 Å². The Morgan fingerprint density at radius 1 is 0.870 bits per heavy atom. The normalized spacial score (nSPS) is 26.3. The number of furan rings is 1. The van der Waals surface area contributed by atoms with Gasteiger partial charge in [-0.05, 0) is 82.4 Å². The molecule has 4 unspecified atom stereocenters. The third kappa shape index (κ3) is 3.63. The molecule has 4 atom stereocenters. The summed E-state index contributed by atoms with van der Waals surface area (Å²) in [7, 11) is 0. The molecule has 1 saturated heterocycles. The first kappa shape index (κ1) is 26.3. The molecule has 46 heavy (non-hydrogen) atoms. The van der Waals surface area contributed by atoms with Gasteiger partial charge in [-0.15, -0.1) is 0 Å². The number of benzene rings is 3. The van der Waals surface area contributed by atoms with E-state index >= 15 is 0 Å². The second-order valence-electron chi connectivity index (χ2n) is 13.6. The van der Waals surface area contributed by atoms with Gasteiger partial charge in [0.1, 0.15) is 11.5 Å². The smallest absolute Gasteiger partial charge is 0.130 e. The molecule has 224 valence electrons. The van der Waals surface area contributed by atoms with Crippen LogP contribution in [0, 0.1) is 5.92 Å². The first-order chi connectivity index (χ1) is 22.8. The van der Waals surface area contributed by atoms with Crippen molar-refractivity contribution in [2.75, 3.05) is 13.1 Å². The minimum Gasteiger partial charge on any atom is -0.460 e. The van der Waals surface area contributed by atoms with Crippen molar-refractivity contribution in [3.63, 3.8) is 0 Å². The molecular weight excluding hydrogens is 560 g/mol. The highest BCUT2D eigenvalue weighted by atomic mass is 16.3. The van der Waals surface area contributed by atoms with Crippen LogP contribution in [0.3, 0.4) is 0 Å². The Bertz CT molecular complexity index is 2100. The highest BCUT2D eigenvalue weighted by Crippen LogP contribution is 2.60. The number of nitrogens with zero attached hydrogens (tertiary/aromatic N) is 2. The predicted molar refractivity (Wildman–Crippen MR) is 188 cm³/mol. The largest absolute Gasteiger partial charge is 0.460 e. The fourth-order valence-electron chi connectivity index (χ4n) is 9.13. The SMILES string of the molecule is C1=CC2c3oc4c(c3-c3ccccc3C(c3cccc(C5=CCCN=C5)c3)(c3cccc(C5=CN6CCC56)c3)C2C=C1)CCC=C4. The van der Waals surface area contributed by atoms with Gasteiger partial charge in [0, 0.05) is 48.5 Å². The number of dihydropyridines is 1. The summed E-state index contributed by atoms with van der Waals surface area (Å²) >= 11 is 0. The first-order valence-electron chi connectivity index (χ1n) is 17.0. The number of hydrogen-bond donors (Lipinski definition) is 0.